The molecule has 2 aromatic rings. The summed E-state index contributed by atoms with van der Waals surface area (Å²) in [6, 6.07) is 5.80. The third-order valence-electron chi connectivity index (χ3n) is 4.79. The van der Waals surface area contributed by atoms with E-state index in [0.29, 0.717) is 13.1 Å². The van der Waals surface area contributed by atoms with Gasteiger partial charge in [0.1, 0.15) is 11.9 Å². The smallest absolute Gasteiger partial charge is 0.322 e. The highest BCUT2D eigenvalue weighted by Crippen LogP contribution is 2.31. The number of nitrogens with zero attached hydrogens (tertiary/aromatic N) is 2. The average molecular weight is 326 g/mol. The quantitative estimate of drug-likeness (QED) is 0.891. The highest BCUT2D eigenvalue weighted by molar-refractivity contribution is 5.89. The van der Waals surface area contributed by atoms with Crippen molar-refractivity contribution in [3.63, 3.8) is 0 Å². The summed E-state index contributed by atoms with van der Waals surface area (Å²) in [5.74, 6) is 0.925. The number of aromatic amines is 1. The van der Waals surface area contributed by atoms with Crippen molar-refractivity contribution in [2.24, 2.45) is 0 Å². The molecule has 0 aliphatic carbocycles. The zero-order chi connectivity index (χ0) is 16.7. The lowest BCUT2D eigenvalue weighted by Gasteiger charge is -2.27. The average Bonchev–Trinajstić information content (AvgIpc) is 3.15. The van der Waals surface area contributed by atoms with Crippen molar-refractivity contribution in [3.8, 4) is 5.75 Å². The number of amides is 2. The van der Waals surface area contributed by atoms with Gasteiger partial charge in [0.15, 0.2) is 0 Å². The second-order valence-corrected chi connectivity index (χ2v) is 6.54. The predicted octanol–water partition coefficient (Wildman–Crippen LogP) is 2.89. The van der Waals surface area contributed by atoms with E-state index in [9.17, 15) is 4.79 Å². The molecule has 3 heterocycles. The molecule has 0 bridgehead atoms. The number of urea groups is 1. The number of carbonyl (C=O) groups is 1. The Balaban J connectivity index is 1.47. The van der Waals surface area contributed by atoms with Gasteiger partial charge in [0.05, 0.1) is 12.2 Å². The number of benzene rings is 1. The summed E-state index contributed by atoms with van der Waals surface area (Å²) in [6.07, 6.45) is 2.80. The van der Waals surface area contributed by atoms with Crippen LogP contribution in [0.5, 0.6) is 5.75 Å². The van der Waals surface area contributed by atoms with Crippen molar-refractivity contribution in [3.05, 3.63) is 40.7 Å². The Morgan fingerprint density at radius 2 is 2.38 bits per heavy atom. The predicted molar refractivity (Wildman–Crippen MR) is 91.3 cm³/mol. The van der Waals surface area contributed by atoms with E-state index in [1.807, 2.05) is 23.1 Å². The van der Waals surface area contributed by atoms with Gasteiger partial charge in [0.2, 0.25) is 0 Å². The van der Waals surface area contributed by atoms with Crippen molar-refractivity contribution < 1.29 is 9.53 Å². The Hall–Kier alpha value is -2.50. The molecule has 2 aliphatic heterocycles. The number of fused-ring (bicyclic) bond motifs is 2. The summed E-state index contributed by atoms with van der Waals surface area (Å²) >= 11 is 0. The number of H-pyrrole nitrogens is 1. The van der Waals surface area contributed by atoms with Crippen LogP contribution in [0.4, 0.5) is 10.5 Å². The Kier molecular flexibility index (Phi) is 3.67. The van der Waals surface area contributed by atoms with Crippen molar-refractivity contribution in [2.75, 3.05) is 11.9 Å². The largest absolute Gasteiger partial charge is 0.490 e. The summed E-state index contributed by atoms with van der Waals surface area (Å²) < 4.78 is 5.71. The molecule has 24 heavy (non-hydrogen) atoms. The van der Waals surface area contributed by atoms with E-state index in [1.54, 1.807) is 0 Å². The lowest BCUT2D eigenvalue weighted by molar-refractivity contribution is 0.206. The molecule has 2 aliphatic rings. The first-order chi connectivity index (χ1) is 11.6. The van der Waals surface area contributed by atoms with Crippen LogP contribution in [0.25, 0.3) is 0 Å². The minimum atomic E-state index is -0.0594. The normalized spacial score (nSPS) is 18.8. The maximum atomic E-state index is 12.6. The molecule has 4 rings (SSSR count). The molecular formula is C18H22N4O2. The molecule has 0 spiro atoms. The molecule has 2 amide bonds. The minimum absolute atomic E-state index is 0.0594. The summed E-state index contributed by atoms with van der Waals surface area (Å²) in [4.78, 5) is 14.5. The highest BCUT2D eigenvalue weighted by atomic mass is 16.5. The van der Waals surface area contributed by atoms with Gasteiger partial charge in [-0.05, 0) is 37.1 Å². The van der Waals surface area contributed by atoms with Crippen molar-refractivity contribution in [1.29, 1.82) is 0 Å². The molecular weight excluding hydrogens is 304 g/mol. The third kappa shape index (κ3) is 2.62. The molecule has 0 saturated carbocycles. The highest BCUT2D eigenvalue weighted by Gasteiger charge is 2.25. The van der Waals surface area contributed by atoms with Gasteiger partial charge in [0, 0.05) is 36.3 Å². The number of aryl methyl sites for hydroxylation is 1. The summed E-state index contributed by atoms with van der Waals surface area (Å²) in [7, 11) is 0. The molecule has 0 radical (unpaired) electrons. The molecule has 1 aromatic carbocycles. The van der Waals surface area contributed by atoms with Crippen molar-refractivity contribution >= 4 is 11.7 Å². The molecule has 0 unspecified atom stereocenters. The van der Waals surface area contributed by atoms with E-state index in [4.69, 9.17) is 4.74 Å². The molecule has 1 atom stereocenters. The van der Waals surface area contributed by atoms with Gasteiger partial charge in [-0.15, -0.1) is 0 Å². The molecule has 6 heteroatoms. The fourth-order valence-electron chi connectivity index (χ4n) is 3.52. The van der Waals surface area contributed by atoms with Crippen LogP contribution in [-0.4, -0.2) is 33.8 Å². The molecule has 6 nitrogen and oxygen atoms in total. The maximum absolute atomic E-state index is 12.6. The number of ether oxygens (including phenoxy) is 1. The van der Waals surface area contributed by atoms with Crippen LogP contribution >= 0.6 is 0 Å². The van der Waals surface area contributed by atoms with E-state index in [0.717, 1.165) is 42.0 Å². The molecule has 0 fully saturated rings. The van der Waals surface area contributed by atoms with Crippen LogP contribution in [-0.2, 0) is 25.8 Å². The van der Waals surface area contributed by atoms with Gasteiger partial charge < -0.3 is 15.0 Å². The number of hydrogen-bond acceptors (Lipinski definition) is 3. The molecule has 2 N–H and O–H groups in total. The van der Waals surface area contributed by atoms with E-state index in [1.165, 1.54) is 11.3 Å². The van der Waals surface area contributed by atoms with E-state index >= 15 is 0 Å². The first-order valence-corrected chi connectivity index (χ1v) is 8.54. The van der Waals surface area contributed by atoms with Gasteiger partial charge in [-0.1, -0.05) is 6.92 Å². The third-order valence-corrected chi connectivity index (χ3v) is 4.79. The topological polar surface area (TPSA) is 70.2 Å². The Morgan fingerprint density at radius 3 is 3.21 bits per heavy atom. The maximum Gasteiger partial charge on any atom is 0.322 e. The number of rotatable bonds is 2. The second kappa shape index (κ2) is 5.85. The molecule has 0 saturated heterocycles. The van der Waals surface area contributed by atoms with Gasteiger partial charge in [-0.3, -0.25) is 5.10 Å². The van der Waals surface area contributed by atoms with Crippen LogP contribution in [0, 0.1) is 0 Å². The fourth-order valence-corrected chi connectivity index (χ4v) is 3.52. The number of hydrogen-bond donors (Lipinski definition) is 2. The lowest BCUT2D eigenvalue weighted by atomic mass is 10.0. The van der Waals surface area contributed by atoms with E-state index < -0.39 is 0 Å². The van der Waals surface area contributed by atoms with Crippen LogP contribution in [0.2, 0.25) is 0 Å². The van der Waals surface area contributed by atoms with E-state index in [-0.39, 0.29) is 12.1 Å². The number of nitrogens with one attached hydrogen (secondary N) is 2. The first kappa shape index (κ1) is 15.1. The van der Waals surface area contributed by atoms with Gasteiger partial charge in [-0.25, -0.2) is 4.79 Å². The standard InChI is InChI=1S/C18H22N4O2/c1-3-15-14-10-22(7-6-16(14)21-20-15)18(23)19-13-4-5-17-12(9-13)8-11(2)24-17/h4-5,9,11H,3,6-8,10H2,1-2H3,(H,19,23)(H,20,21)/t11-/m1/s1. The fraction of sp³-hybridized carbons (Fsp3) is 0.444. The number of carbonyl (C=O) groups excluding carboxylic acids is 1. The van der Waals surface area contributed by atoms with Crippen LogP contribution in [0.1, 0.15) is 36.4 Å². The Labute approximate surface area is 141 Å². The van der Waals surface area contributed by atoms with Crippen molar-refractivity contribution in [2.45, 2.75) is 45.8 Å². The van der Waals surface area contributed by atoms with Gasteiger partial charge in [0.25, 0.3) is 0 Å². The first-order valence-electron chi connectivity index (χ1n) is 8.54. The second-order valence-electron chi connectivity index (χ2n) is 6.54. The zero-order valence-corrected chi connectivity index (χ0v) is 14.1. The Bertz CT molecular complexity index is 770. The molecule has 1 aromatic heterocycles. The van der Waals surface area contributed by atoms with Crippen LogP contribution < -0.4 is 10.1 Å². The summed E-state index contributed by atoms with van der Waals surface area (Å²) in [6.45, 7) is 5.46. The minimum Gasteiger partial charge on any atom is -0.490 e. The van der Waals surface area contributed by atoms with Crippen molar-refractivity contribution in [1.82, 2.24) is 15.1 Å². The summed E-state index contributed by atoms with van der Waals surface area (Å²) in [5, 5.41) is 10.5. The van der Waals surface area contributed by atoms with Crippen LogP contribution in [0.15, 0.2) is 18.2 Å². The Morgan fingerprint density at radius 1 is 1.50 bits per heavy atom. The zero-order valence-electron chi connectivity index (χ0n) is 14.1. The number of aromatic nitrogens is 2. The number of anilines is 1. The van der Waals surface area contributed by atoms with Gasteiger partial charge >= 0.3 is 6.03 Å². The lowest BCUT2D eigenvalue weighted by Crippen LogP contribution is -2.39. The molecule has 126 valence electrons. The summed E-state index contributed by atoms with van der Waals surface area (Å²) in [5.41, 5.74) is 5.38. The van der Waals surface area contributed by atoms with Gasteiger partial charge in [-0.2, -0.15) is 5.10 Å². The monoisotopic (exact) mass is 326 g/mol. The van der Waals surface area contributed by atoms with E-state index in [2.05, 4.69) is 29.4 Å². The van der Waals surface area contributed by atoms with Crippen LogP contribution in [0.3, 0.4) is 0 Å². The SMILES string of the molecule is CCc1n[nH]c2c1CN(C(=O)Nc1ccc3c(c1)C[C@@H](C)O3)CC2.